The topological polar surface area (TPSA) is 68.9 Å². The van der Waals surface area contributed by atoms with Crippen molar-refractivity contribution in [3.63, 3.8) is 0 Å². The van der Waals surface area contributed by atoms with E-state index in [0.29, 0.717) is 11.6 Å². The normalized spacial score (nSPS) is 9.14. The van der Waals surface area contributed by atoms with E-state index < -0.39 is 0 Å². The van der Waals surface area contributed by atoms with Gasteiger partial charge in [-0.3, -0.25) is 0 Å². The molecule has 4 heteroatoms. The third-order valence-corrected chi connectivity index (χ3v) is 1.28. The van der Waals surface area contributed by atoms with Crippen molar-refractivity contribution in [2.75, 3.05) is 5.73 Å². The molecule has 0 saturated heterocycles. The minimum Gasteiger partial charge on any atom is -0.396 e. The second-order valence-corrected chi connectivity index (χ2v) is 3.47. The largest absolute Gasteiger partial charge is 0.396 e. The molecule has 0 aliphatic carbocycles. The van der Waals surface area contributed by atoms with E-state index in [9.17, 15) is 4.79 Å². The molecule has 0 unspecified atom stereocenters. The summed E-state index contributed by atoms with van der Waals surface area (Å²) in [6, 6.07) is 0. The van der Waals surface area contributed by atoms with Gasteiger partial charge in [0.25, 0.3) is 0 Å². The van der Waals surface area contributed by atoms with Gasteiger partial charge in [0.05, 0.1) is 18.1 Å². The van der Waals surface area contributed by atoms with Crippen LogP contribution in [-0.2, 0) is 4.79 Å². The lowest BCUT2D eigenvalue weighted by Gasteiger charge is -1.95. The maximum atomic E-state index is 10.3. The summed E-state index contributed by atoms with van der Waals surface area (Å²) >= 11 is 0. The Hall–Kier alpha value is -1.45. The number of nitrogen functional groups attached to an aromatic ring is 1. The number of rotatable bonds is 2. The van der Waals surface area contributed by atoms with Crippen molar-refractivity contribution in [2.24, 2.45) is 5.92 Å². The van der Waals surface area contributed by atoms with Gasteiger partial charge < -0.3 is 10.5 Å². The van der Waals surface area contributed by atoms with Gasteiger partial charge >= 0.3 is 0 Å². The predicted molar refractivity (Wildman–Crippen MR) is 56.6 cm³/mol. The van der Waals surface area contributed by atoms with E-state index in [1.54, 1.807) is 19.3 Å². The smallest absolute Gasteiger partial charge is 0.130 e. The molecule has 4 nitrogen and oxygen atoms in total. The average Bonchev–Trinajstić information content (AvgIpc) is 2.03. The van der Waals surface area contributed by atoms with Crippen LogP contribution in [-0.4, -0.2) is 15.8 Å². The average molecular weight is 195 g/mol. The molecular formula is C10H17N3O. The van der Waals surface area contributed by atoms with Crippen molar-refractivity contribution in [3.8, 4) is 0 Å². The molecule has 0 saturated carbocycles. The second-order valence-electron chi connectivity index (χ2n) is 3.47. The minimum atomic E-state index is 0.287. The molecule has 1 aromatic heterocycles. The summed E-state index contributed by atoms with van der Waals surface area (Å²) in [6.45, 7) is 5.71. The van der Waals surface area contributed by atoms with Gasteiger partial charge in [-0.15, -0.1) is 0 Å². The highest BCUT2D eigenvalue weighted by molar-refractivity contribution is 5.75. The molecule has 0 aliphatic rings. The van der Waals surface area contributed by atoms with Gasteiger partial charge in [-0.1, -0.05) is 13.8 Å². The molecule has 1 rings (SSSR count). The highest BCUT2D eigenvalue weighted by Crippen LogP contribution is 1.97. The molecule has 0 aromatic carbocycles. The molecule has 0 spiro atoms. The number of carbonyl (C=O) groups excluding carboxylic acids is 1. The summed E-state index contributed by atoms with van der Waals surface area (Å²) in [6.07, 6.45) is 5.26. The molecule has 0 aliphatic heterocycles. The molecule has 0 bridgehead atoms. The Morgan fingerprint density at radius 3 is 2.07 bits per heavy atom. The second kappa shape index (κ2) is 7.00. The lowest BCUT2D eigenvalue weighted by molar-refractivity contribution is -0.117. The van der Waals surface area contributed by atoms with E-state index in [1.807, 2.05) is 13.8 Å². The molecule has 1 heterocycles. The highest BCUT2D eigenvalue weighted by atomic mass is 16.1. The van der Waals surface area contributed by atoms with Crippen LogP contribution >= 0.6 is 0 Å². The van der Waals surface area contributed by atoms with Gasteiger partial charge in [-0.25, -0.2) is 9.97 Å². The first-order chi connectivity index (χ1) is 6.52. The SMILES string of the molecule is CC(=O)CC(C)C.Nc1cncnc1. The van der Waals surface area contributed by atoms with Crippen molar-refractivity contribution in [3.05, 3.63) is 18.7 Å². The lowest BCUT2D eigenvalue weighted by atomic mass is 10.1. The number of nitrogens with zero attached hydrogens (tertiary/aromatic N) is 2. The zero-order valence-corrected chi connectivity index (χ0v) is 8.90. The zero-order valence-electron chi connectivity index (χ0n) is 8.90. The van der Waals surface area contributed by atoms with Crippen LogP contribution in [0.4, 0.5) is 5.69 Å². The first-order valence-electron chi connectivity index (χ1n) is 4.52. The fraction of sp³-hybridized carbons (Fsp3) is 0.500. The number of hydrogen-bond acceptors (Lipinski definition) is 4. The monoisotopic (exact) mass is 195 g/mol. The standard InChI is InChI=1S/C6H12O.C4H5N3/c1-5(2)4-6(3)7;5-4-1-6-3-7-2-4/h5H,4H2,1-3H3;1-3H,5H2. The van der Waals surface area contributed by atoms with E-state index >= 15 is 0 Å². The minimum absolute atomic E-state index is 0.287. The van der Waals surface area contributed by atoms with Crippen molar-refractivity contribution < 1.29 is 4.79 Å². The first-order valence-corrected chi connectivity index (χ1v) is 4.52. The fourth-order valence-electron chi connectivity index (χ4n) is 0.886. The van der Waals surface area contributed by atoms with Crippen LogP contribution < -0.4 is 5.73 Å². The first kappa shape index (κ1) is 12.6. The van der Waals surface area contributed by atoms with E-state index in [1.165, 1.54) is 6.33 Å². The Morgan fingerprint density at radius 1 is 1.43 bits per heavy atom. The van der Waals surface area contributed by atoms with Gasteiger partial charge in [-0.05, 0) is 12.8 Å². The van der Waals surface area contributed by atoms with Crippen LogP contribution in [0.5, 0.6) is 0 Å². The Kier molecular flexibility index (Phi) is 6.28. The van der Waals surface area contributed by atoms with Crippen LogP contribution in [0.15, 0.2) is 18.7 Å². The van der Waals surface area contributed by atoms with Crippen molar-refractivity contribution >= 4 is 11.5 Å². The van der Waals surface area contributed by atoms with Crippen LogP contribution in [0.25, 0.3) is 0 Å². The number of Topliss-reactive ketones (excluding diaryl/α,β-unsaturated/α-hetero) is 1. The molecule has 2 N–H and O–H groups in total. The number of hydrogen-bond donors (Lipinski definition) is 1. The van der Waals surface area contributed by atoms with Gasteiger partial charge in [0.1, 0.15) is 12.1 Å². The van der Waals surface area contributed by atoms with Crippen molar-refractivity contribution in [1.29, 1.82) is 0 Å². The number of ketones is 1. The summed E-state index contributed by atoms with van der Waals surface area (Å²) in [4.78, 5) is 17.6. The maximum absolute atomic E-state index is 10.3. The summed E-state index contributed by atoms with van der Waals surface area (Å²) in [7, 11) is 0. The molecular weight excluding hydrogens is 178 g/mol. The Morgan fingerprint density at radius 2 is 1.93 bits per heavy atom. The van der Waals surface area contributed by atoms with E-state index in [4.69, 9.17) is 5.73 Å². The Balaban J connectivity index is 0.000000241. The molecule has 0 atom stereocenters. The fourth-order valence-corrected chi connectivity index (χ4v) is 0.886. The zero-order chi connectivity index (χ0) is 11.0. The predicted octanol–water partition coefficient (Wildman–Crippen LogP) is 1.68. The third kappa shape index (κ3) is 8.64. The van der Waals surface area contributed by atoms with Crippen molar-refractivity contribution in [1.82, 2.24) is 9.97 Å². The number of aromatic nitrogens is 2. The van der Waals surface area contributed by atoms with Gasteiger partial charge in [0, 0.05) is 6.42 Å². The van der Waals surface area contributed by atoms with Crippen LogP contribution in [0.1, 0.15) is 27.2 Å². The number of carbonyl (C=O) groups is 1. The molecule has 78 valence electrons. The van der Waals surface area contributed by atoms with Crippen LogP contribution in [0.3, 0.4) is 0 Å². The Bertz CT molecular complexity index is 259. The van der Waals surface area contributed by atoms with Gasteiger partial charge in [-0.2, -0.15) is 0 Å². The molecule has 1 aromatic rings. The molecule has 14 heavy (non-hydrogen) atoms. The van der Waals surface area contributed by atoms with E-state index in [0.717, 1.165) is 6.42 Å². The molecule has 0 radical (unpaired) electrons. The highest BCUT2D eigenvalue weighted by Gasteiger charge is 1.95. The van der Waals surface area contributed by atoms with Crippen LogP contribution in [0, 0.1) is 5.92 Å². The summed E-state index contributed by atoms with van der Waals surface area (Å²) in [5, 5.41) is 0. The lowest BCUT2D eigenvalue weighted by Crippen LogP contribution is -1.95. The van der Waals surface area contributed by atoms with Gasteiger partial charge in [0.15, 0.2) is 0 Å². The summed E-state index contributed by atoms with van der Waals surface area (Å²) in [5.41, 5.74) is 5.83. The third-order valence-electron chi connectivity index (χ3n) is 1.28. The summed E-state index contributed by atoms with van der Waals surface area (Å²) in [5.74, 6) is 0.813. The number of anilines is 1. The quantitative estimate of drug-likeness (QED) is 0.779. The Labute approximate surface area is 84.6 Å². The summed E-state index contributed by atoms with van der Waals surface area (Å²) < 4.78 is 0. The number of nitrogens with two attached hydrogens (primary N) is 1. The van der Waals surface area contributed by atoms with E-state index in [2.05, 4.69) is 9.97 Å². The van der Waals surface area contributed by atoms with E-state index in [-0.39, 0.29) is 5.78 Å². The van der Waals surface area contributed by atoms with Crippen molar-refractivity contribution in [2.45, 2.75) is 27.2 Å². The van der Waals surface area contributed by atoms with Gasteiger partial charge in [0.2, 0.25) is 0 Å². The molecule has 0 fully saturated rings. The molecule has 0 amide bonds. The maximum Gasteiger partial charge on any atom is 0.130 e. The van der Waals surface area contributed by atoms with Crippen LogP contribution in [0.2, 0.25) is 0 Å².